The summed E-state index contributed by atoms with van der Waals surface area (Å²) in [6, 6.07) is 9.55. The molecule has 1 unspecified atom stereocenters. The molecular weight excluding hydrogens is 288 g/mol. The third-order valence-corrected chi connectivity index (χ3v) is 3.75. The van der Waals surface area contributed by atoms with Crippen molar-refractivity contribution in [3.05, 3.63) is 35.9 Å². The lowest BCUT2D eigenvalue weighted by Gasteiger charge is -2.24. The summed E-state index contributed by atoms with van der Waals surface area (Å²) in [7, 11) is 0. The van der Waals surface area contributed by atoms with Crippen LogP contribution < -0.4 is 0 Å². The van der Waals surface area contributed by atoms with E-state index in [9.17, 15) is 9.59 Å². The van der Waals surface area contributed by atoms with Crippen LogP contribution in [-0.2, 0) is 19.1 Å². The topological polar surface area (TPSA) is 52.6 Å². The van der Waals surface area contributed by atoms with Gasteiger partial charge < -0.3 is 9.47 Å². The fourth-order valence-corrected chi connectivity index (χ4v) is 2.90. The Hall–Kier alpha value is -1.49. The lowest BCUT2D eigenvalue weighted by Crippen LogP contribution is -2.34. The zero-order chi connectivity index (χ0) is 15.7. The van der Waals surface area contributed by atoms with Gasteiger partial charge in [-0.1, -0.05) is 30.3 Å². The third-order valence-electron chi connectivity index (χ3n) is 3.06. The zero-order valence-corrected chi connectivity index (χ0v) is 13.5. The minimum atomic E-state index is -0.917. The summed E-state index contributed by atoms with van der Waals surface area (Å²) in [5.41, 5.74) is 0.943. The van der Waals surface area contributed by atoms with E-state index in [4.69, 9.17) is 9.47 Å². The molecule has 0 N–H and O–H groups in total. The van der Waals surface area contributed by atoms with E-state index in [0.717, 1.165) is 5.56 Å². The summed E-state index contributed by atoms with van der Waals surface area (Å²) in [6.07, 6.45) is 1.95. The van der Waals surface area contributed by atoms with Crippen molar-refractivity contribution in [1.82, 2.24) is 0 Å². The second-order valence-electron chi connectivity index (χ2n) is 4.45. The molecule has 0 spiro atoms. The van der Waals surface area contributed by atoms with E-state index in [1.807, 2.05) is 36.6 Å². The van der Waals surface area contributed by atoms with Gasteiger partial charge in [-0.2, -0.15) is 11.8 Å². The summed E-state index contributed by atoms with van der Waals surface area (Å²) < 4.78 is 10.1. The highest BCUT2D eigenvalue weighted by molar-refractivity contribution is 7.98. The van der Waals surface area contributed by atoms with Crippen LogP contribution in [0.5, 0.6) is 0 Å². The number of carbonyl (C=O) groups is 2. The number of esters is 2. The highest BCUT2D eigenvalue weighted by atomic mass is 32.2. The summed E-state index contributed by atoms with van der Waals surface area (Å²) in [5.74, 6) is -1.55. The molecule has 0 amide bonds. The second-order valence-corrected chi connectivity index (χ2v) is 5.36. The van der Waals surface area contributed by atoms with E-state index in [0.29, 0.717) is 5.75 Å². The van der Waals surface area contributed by atoms with Crippen LogP contribution in [0.1, 0.15) is 25.3 Å². The van der Waals surface area contributed by atoms with E-state index < -0.39 is 17.9 Å². The molecule has 21 heavy (non-hydrogen) atoms. The smallest absolute Gasteiger partial charge is 0.320 e. The molecule has 0 aliphatic heterocycles. The van der Waals surface area contributed by atoms with Gasteiger partial charge in [-0.15, -0.1) is 0 Å². The van der Waals surface area contributed by atoms with Gasteiger partial charge in [0.25, 0.3) is 0 Å². The monoisotopic (exact) mass is 310 g/mol. The van der Waals surface area contributed by atoms with Gasteiger partial charge in [0.05, 0.1) is 13.2 Å². The summed E-state index contributed by atoms with van der Waals surface area (Å²) >= 11 is 1.59. The molecule has 0 aliphatic rings. The van der Waals surface area contributed by atoms with E-state index in [-0.39, 0.29) is 19.1 Å². The van der Waals surface area contributed by atoms with Crippen LogP contribution in [0.15, 0.2) is 30.3 Å². The summed E-state index contributed by atoms with van der Waals surface area (Å²) in [4.78, 5) is 24.4. The predicted octanol–water partition coefficient (Wildman–Crippen LogP) is 2.88. The average molecular weight is 310 g/mol. The molecule has 4 nitrogen and oxygen atoms in total. The van der Waals surface area contributed by atoms with Crippen molar-refractivity contribution in [2.45, 2.75) is 19.8 Å². The van der Waals surface area contributed by atoms with Crippen molar-refractivity contribution in [3.63, 3.8) is 0 Å². The maximum absolute atomic E-state index is 12.2. The SMILES string of the molecule is CCOC(=O)C(C(=O)OCC)C(CSC)c1ccccc1. The van der Waals surface area contributed by atoms with Crippen LogP contribution >= 0.6 is 11.8 Å². The molecule has 0 heterocycles. The quantitative estimate of drug-likeness (QED) is 0.546. The van der Waals surface area contributed by atoms with E-state index in [1.165, 1.54) is 0 Å². The first-order valence-electron chi connectivity index (χ1n) is 7.02. The van der Waals surface area contributed by atoms with Crippen molar-refractivity contribution in [1.29, 1.82) is 0 Å². The molecule has 5 heteroatoms. The molecule has 0 aromatic heterocycles. The van der Waals surface area contributed by atoms with Crippen LogP contribution in [0.2, 0.25) is 0 Å². The molecule has 0 radical (unpaired) electrons. The van der Waals surface area contributed by atoms with Gasteiger partial charge in [-0.25, -0.2) is 0 Å². The largest absolute Gasteiger partial charge is 0.465 e. The Balaban J connectivity index is 3.11. The molecular formula is C16H22O4S. The first-order valence-corrected chi connectivity index (χ1v) is 8.42. The standard InChI is InChI=1S/C16H22O4S/c1-4-19-15(17)14(16(18)20-5-2)13(11-21-3)12-9-7-6-8-10-12/h6-10,13-14H,4-5,11H2,1-3H3. The highest BCUT2D eigenvalue weighted by Crippen LogP contribution is 2.30. The third kappa shape index (κ3) is 5.08. The Morgan fingerprint density at radius 2 is 1.57 bits per heavy atom. The van der Waals surface area contributed by atoms with E-state index >= 15 is 0 Å². The molecule has 0 bridgehead atoms. The number of hydrogen-bond acceptors (Lipinski definition) is 5. The predicted molar refractivity (Wildman–Crippen MR) is 84.3 cm³/mol. The van der Waals surface area contributed by atoms with Gasteiger partial charge in [0.15, 0.2) is 5.92 Å². The van der Waals surface area contributed by atoms with Crippen molar-refractivity contribution >= 4 is 23.7 Å². The minimum absolute atomic E-state index is 0.246. The molecule has 116 valence electrons. The average Bonchev–Trinajstić information content (AvgIpc) is 2.48. The molecule has 1 aromatic carbocycles. The number of hydrogen-bond donors (Lipinski definition) is 0. The maximum Gasteiger partial charge on any atom is 0.320 e. The molecule has 1 rings (SSSR count). The highest BCUT2D eigenvalue weighted by Gasteiger charge is 2.38. The number of thioether (sulfide) groups is 1. The Labute approximate surface area is 130 Å². The molecule has 1 aromatic rings. The first-order chi connectivity index (χ1) is 10.2. The van der Waals surface area contributed by atoms with Crippen molar-refractivity contribution < 1.29 is 19.1 Å². The fraction of sp³-hybridized carbons (Fsp3) is 0.500. The lowest BCUT2D eigenvalue weighted by molar-refractivity contribution is -0.162. The first kappa shape index (κ1) is 17.6. The van der Waals surface area contributed by atoms with Crippen molar-refractivity contribution in [2.24, 2.45) is 5.92 Å². The lowest BCUT2D eigenvalue weighted by atomic mass is 9.87. The van der Waals surface area contributed by atoms with Crippen molar-refractivity contribution in [2.75, 3.05) is 25.2 Å². The molecule has 0 aliphatic carbocycles. The van der Waals surface area contributed by atoms with Crippen LogP contribution in [0, 0.1) is 5.92 Å². The van der Waals surface area contributed by atoms with Crippen LogP contribution in [-0.4, -0.2) is 37.2 Å². The molecule has 0 fully saturated rings. The zero-order valence-electron chi connectivity index (χ0n) is 12.7. The van der Waals surface area contributed by atoms with Gasteiger partial charge in [-0.05, 0) is 25.7 Å². The van der Waals surface area contributed by atoms with Gasteiger partial charge in [0, 0.05) is 11.7 Å². The maximum atomic E-state index is 12.2. The fourth-order valence-electron chi connectivity index (χ4n) is 2.15. The Morgan fingerprint density at radius 3 is 2.00 bits per heavy atom. The number of ether oxygens (including phenoxy) is 2. The normalized spacial score (nSPS) is 12.0. The van der Waals surface area contributed by atoms with Crippen LogP contribution in [0.25, 0.3) is 0 Å². The Bertz CT molecular complexity index is 429. The van der Waals surface area contributed by atoms with E-state index in [1.54, 1.807) is 25.6 Å². The van der Waals surface area contributed by atoms with Crippen molar-refractivity contribution in [3.8, 4) is 0 Å². The number of rotatable bonds is 8. The molecule has 1 atom stereocenters. The number of benzene rings is 1. The van der Waals surface area contributed by atoms with Crippen LogP contribution in [0.4, 0.5) is 0 Å². The second kappa shape index (κ2) is 9.45. The molecule has 0 saturated heterocycles. The summed E-state index contributed by atoms with van der Waals surface area (Å²) in [6.45, 7) is 3.95. The minimum Gasteiger partial charge on any atom is -0.465 e. The van der Waals surface area contributed by atoms with Gasteiger partial charge in [0.2, 0.25) is 0 Å². The van der Waals surface area contributed by atoms with Gasteiger partial charge >= 0.3 is 11.9 Å². The number of carbonyl (C=O) groups excluding carboxylic acids is 2. The van der Waals surface area contributed by atoms with Gasteiger partial charge in [0.1, 0.15) is 0 Å². The van der Waals surface area contributed by atoms with E-state index in [2.05, 4.69) is 0 Å². The summed E-state index contributed by atoms with van der Waals surface area (Å²) in [5, 5.41) is 0. The molecule has 0 saturated carbocycles. The van der Waals surface area contributed by atoms with Gasteiger partial charge in [-0.3, -0.25) is 9.59 Å². The Morgan fingerprint density at radius 1 is 1.05 bits per heavy atom. The van der Waals surface area contributed by atoms with Crippen LogP contribution in [0.3, 0.4) is 0 Å². The Kier molecular flexibility index (Phi) is 7.90.